The van der Waals surface area contributed by atoms with E-state index in [9.17, 15) is 4.79 Å². The Morgan fingerprint density at radius 3 is 2.44 bits per heavy atom. The minimum absolute atomic E-state index is 0. The summed E-state index contributed by atoms with van der Waals surface area (Å²) in [5.41, 5.74) is 4.58. The van der Waals surface area contributed by atoms with E-state index < -0.39 is 0 Å². The van der Waals surface area contributed by atoms with Gasteiger partial charge in [-0.3, -0.25) is 14.6 Å². The van der Waals surface area contributed by atoms with E-state index in [1.165, 1.54) is 30.5 Å². The minimum Gasteiger partial charge on any atom is -0.497 e. The van der Waals surface area contributed by atoms with E-state index in [2.05, 4.69) is 23.1 Å². The zero-order chi connectivity index (χ0) is 18.1. The van der Waals surface area contributed by atoms with Gasteiger partial charge in [0.2, 0.25) is 5.91 Å². The summed E-state index contributed by atoms with van der Waals surface area (Å²) in [6, 6.07) is 14.1. The van der Waals surface area contributed by atoms with Crippen molar-refractivity contribution in [3.05, 3.63) is 53.6 Å². The van der Waals surface area contributed by atoms with E-state index in [1.54, 1.807) is 18.9 Å². The van der Waals surface area contributed by atoms with E-state index in [0.29, 0.717) is 0 Å². The van der Waals surface area contributed by atoms with Crippen LogP contribution in [0.2, 0.25) is 0 Å². The lowest BCUT2D eigenvalue weighted by Gasteiger charge is -2.30. The van der Waals surface area contributed by atoms with Crippen molar-refractivity contribution in [2.75, 3.05) is 25.1 Å². The first-order chi connectivity index (χ1) is 12.6. The third kappa shape index (κ3) is 4.45. The second-order valence-corrected chi connectivity index (χ2v) is 7.43. The molecule has 2 aromatic rings. The van der Waals surface area contributed by atoms with Gasteiger partial charge in [-0.1, -0.05) is 6.07 Å². The molecular formula is C22H27ClN2O2. The van der Waals surface area contributed by atoms with Gasteiger partial charge in [0.15, 0.2) is 0 Å². The van der Waals surface area contributed by atoms with Crippen molar-refractivity contribution in [3.63, 3.8) is 0 Å². The maximum Gasteiger partial charge on any atom is 0.228 e. The molecule has 1 saturated carbocycles. The van der Waals surface area contributed by atoms with Crippen molar-refractivity contribution in [2.24, 2.45) is 5.92 Å². The molecule has 0 radical (unpaired) electrons. The third-order valence-electron chi connectivity index (χ3n) is 5.40. The van der Waals surface area contributed by atoms with Crippen molar-refractivity contribution in [2.45, 2.75) is 32.7 Å². The zero-order valence-corrected chi connectivity index (χ0v) is 16.8. The zero-order valence-electron chi connectivity index (χ0n) is 16.0. The van der Waals surface area contributed by atoms with E-state index >= 15 is 0 Å². The number of fused-ring (bicyclic) bond motifs is 1. The molecule has 2 aliphatic rings. The minimum atomic E-state index is 0. The Bertz CT molecular complexity index is 802. The number of hydrogen-bond acceptors (Lipinski definition) is 3. The van der Waals surface area contributed by atoms with E-state index in [1.807, 2.05) is 24.3 Å². The molecule has 1 heterocycles. The smallest absolute Gasteiger partial charge is 0.228 e. The first-order valence-electron chi connectivity index (χ1n) is 9.43. The molecule has 1 aliphatic heterocycles. The molecule has 1 amide bonds. The van der Waals surface area contributed by atoms with Crippen LogP contribution in [0.3, 0.4) is 0 Å². The molecule has 4 rings (SSSR count). The lowest BCUT2D eigenvalue weighted by Crippen LogP contribution is -2.32. The monoisotopic (exact) mass is 386 g/mol. The Morgan fingerprint density at radius 1 is 1.11 bits per heavy atom. The van der Waals surface area contributed by atoms with Crippen molar-refractivity contribution >= 4 is 29.7 Å². The van der Waals surface area contributed by atoms with Crippen LogP contribution in [-0.2, 0) is 17.8 Å². The van der Waals surface area contributed by atoms with Crippen molar-refractivity contribution in [3.8, 4) is 5.75 Å². The summed E-state index contributed by atoms with van der Waals surface area (Å²) in [5, 5.41) is 0. The average molecular weight is 387 g/mol. The SMILES string of the molecule is COc1ccc(N(C(C)=O)c2ccc3c(c2)CN(CC2CC2)CC3)cc1.Cl. The van der Waals surface area contributed by atoms with Crippen LogP contribution in [0.4, 0.5) is 11.4 Å². The van der Waals surface area contributed by atoms with Crippen molar-refractivity contribution in [1.29, 1.82) is 0 Å². The van der Waals surface area contributed by atoms with E-state index in [-0.39, 0.29) is 18.3 Å². The Kier molecular flexibility index (Phi) is 6.08. The molecule has 0 unspecified atom stereocenters. The number of carbonyl (C=O) groups excluding carboxylic acids is 1. The van der Waals surface area contributed by atoms with Gasteiger partial charge < -0.3 is 4.74 Å². The van der Waals surface area contributed by atoms with Crippen LogP contribution in [-0.4, -0.2) is 31.0 Å². The maximum absolute atomic E-state index is 12.4. The summed E-state index contributed by atoms with van der Waals surface area (Å²) in [5.74, 6) is 1.71. The van der Waals surface area contributed by atoms with Crippen molar-refractivity contribution < 1.29 is 9.53 Å². The fraction of sp³-hybridized carbons (Fsp3) is 0.409. The molecule has 144 valence electrons. The predicted octanol–water partition coefficient (Wildman–Crippen LogP) is 4.57. The number of rotatable bonds is 5. The Balaban J connectivity index is 0.00000210. The van der Waals surface area contributed by atoms with Gasteiger partial charge in [-0.15, -0.1) is 12.4 Å². The molecule has 27 heavy (non-hydrogen) atoms. The number of benzene rings is 2. The summed E-state index contributed by atoms with van der Waals surface area (Å²) < 4.78 is 5.23. The molecule has 5 heteroatoms. The lowest BCUT2D eigenvalue weighted by molar-refractivity contribution is -0.115. The second-order valence-electron chi connectivity index (χ2n) is 7.43. The van der Waals surface area contributed by atoms with Crippen LogP contribution >= 0.6 is 12.4 Å². The highest BCUT2D eigenvalue weighted by molar-refractivity contribution is 5.99. The summed E-state index contributed by atoms with van der Waals surface area (Å²) in [6.07, 6.45) is 3.88. The quantitative estimate of drug-likeness (QED) is 0.754. The number of halogens is 1. The molecule has 0 saturated heterocycles. The van der Waals surface area contributed by atoms with E-state index in [4.69, 9.17) is 4.74 Å². The van der Waals surface area contributed by atoms with Gasteiger partial charge >= 0.3 is 0 Å². The van der Waals surface area contributed by atoms with Gasteiger partial charge in [-0.2, -0.15) is 0 Å². The molecule has 0 spiro atoms. The van der Waals surface area contributed by atoms with Gasteiger partial charge in [-0.05, 0) is 72.7 Å². The van der Waals surface area contributed by atoms with E-state index in [0.717, 1.165) is 42.6 Å². The molecule has 1 aliphatic carbocycles. The highest BCUT2D eigenvalue weighted by Crippen LogP contribution is 2.33. The van der Waals surface area contributed by atoms with Crippen LogP contribution < -0.4 is 9.64 Å². The van der Waals surface area contributed by atoms with Crippen LogP contribution in [0.15, 0.2) is 42.5 Å². The lowest BCUT2D eigenvalue weighted by atomic mass is 9.98. The maximum atomic E-state index is 12.4. The number of hydrogen-bond donors (Lipinski definition) is 0. The molecule has 0 N–H and O–H groups in total. The Hall–Kier alpha value is -2.04. The van der Waals surface area contributed by atoms with Crippen LogP contribution in [0.5, 0.6) is 5.75 Å². The first kappa shape index (κ1) is 19.7. The summed E-state index contributed by atoms with van der Waals surface area (Å²) in [4.78, 5) is 16.7. The van der Waals surface area contributed by atoms with Crippen LogP contribution in [0, 0.1) is 5.92 Å². The highest BCUT2D eigenvalue weighted by atomic mass is 35.5. The summed E-state index contributed by atoms with van der Waals surface area (Å²) in [7, 11) is 1.65. The number of methoxy groups -OCH3 is 1. The molecule has 2 aromatic carbocycles. The molecule has 0 bridgehead atoms. The first-order valence-corrected chi connectivity index (χ1v) is 9.43. The summed E-state index contributed by atoms with van der Waals surface area (Å²) in [6.45, 7) is 4.98. The largest absolute Gasteiger partial charge is 0.497 e. The highest BCUT2D eigenvalue weighted by Gasteiger charge is 2.26. The number of nitrogens with zero attached hydrogens (tertiary/aromatic N) is 2. The van der Waals surface area contributed by atoms with Crippen LogP contribution in [0.25, 0.3) is 0 Å². The molecule has 1 fully saturated rings. The van der Waals surface area contributed by atoms with Gasteiger partial charge in [-0.25, -0.2) is 0 Å². The van der Waals surface area contributed by atoms with Crippen LogP contribution in [0.1, 0.15) is 30.9 Å². The Labute approximate surface area is 167 Å². The van der Waals surface area contributed by atoms with Crippen molar-refractivity contribution in [1.82, 2.24) is 4.90 Å². The topological polar surface area (TPSA) is 32.8 Å². The standard InChI is InChI=1S/C22H26N2O2.ClH/c1-16(25)24(20-7-9-22(26-2)10-8-20)21-6-5-18-11-12-23(14-17-3-4-17)15-19(18)13-21;/h5-10,13,17H,3-4,11-12,14-15H2,1-2H3;1H. The fourth-order valence-corrected chi connectivity index (χ4v) is 3.81. The van der Waals surface area contributed by atoms with Gasteiger partial charge in [0.25, 0.3) is 0 Å². The average Bonchev–Trinajstić information content (AvgIpc) is 3.46. The third-order valence-corrected chi connectivity index (χ3v) is 5.40. The number of carbonyl (C=O) groups is 1. The summed E-state index contributed by atoms with van der Waals surface area (Å²) >= 11 is 0. The molecule has 0 aromatic heterocycles. The predicted molar refractivity (Wildman–Crippen MR) is 111 cm³/mol. The normalized spacial score (nSPS) is 16.2. The van der Waals surface area contributed by atoms with Gasteiger partial charge in [0, 0.05) is 37.9 Å². The number of ether oxygens (including phenoxy) is 1. The molecule has 0 atom stereocenters. The fourth-order valence-electron chi connectivity index (χ4n) is 3.81. The molecular weight excluding hydrogens is 360 g/mol. The number of amides is 1. The molecule has 4 nitrogen and oxygen atoms in total. The second kappa shape index (κ2) is 8.32. The van der Waals surface area contributed by atoms with Gasteiger partial charge in [0.05, 0.1) is 7.11 Å². The number of anilines is 2. The van der Waals surface area contributed by atoms with Gasteiger partial charge in [0.1, 0.15) is 5.75 Å². The Morgan fingerprint density at radius 2 is 1.81 bits per heavy atom.